The second-order valence-corrected chi connectivity index (χ2v) is 5.61. The highest BCUT2D eigenvalue weighted by atomic mass is 32.2. The highest BCUT2D eigenvalue weighted by Crippen LogP contribution is 2.30. The first-order valence-corrected chi connectivity index (χ1v) is 7.07. The first-order valence-electron chi connectivity index (χ1n) is 6.08. The van der Waals surface area contributed by atoms with Crippen LogP contribution in [-0.2, 0) is 7.05 Å². The van der Waals surface area contributed by atoms with E-state index in [1.807, 2.05) is 24.2 Å². The molecule has 3 nitrogen and oxygen atoms in total. The molecule has 0 bridgehead atoms. The van der Waals surface area contributed by atoms with Crippen LogP contribution in [0.25, 0.3) is 0 Å². The molecule has 1 fully saturated rings. The molecule has 1 saturated carbocycles. The van der Waals surface area contributed by atoms with Crippen LogP contribution in [0.15, 0.2) is 17.6 Å². The Morgan fingerprint density at radius 3 is 3.12 bits per heavy atom. The van der Waals surface area contributed by atoms with Crippen molar-refractivity contribution >= 4 is 11.8 Å². The Morgan fingerprint density at radius 2 is 2.44 bits per heavy atom. The van der Waals surface area contributed by atoms with E-state index in [4.69, 9.17) is 0 Å². The Morgan fingerprint density at radius 1 is 1.56 bits per heavy atom. The maximum atomic E-state index is 4.33. The minimum atomic E-state index is 0.752. The monoisotopic (exact) mass is 239 g/mol. The molecule has 4 heteroatoms. The molecule has 1 heterocycles. The molecule has 1 aromatic rings. The topological polar surface area (TPSA) is 29.9 Å². The quantitative estimate of drug-likeness (QED) is 0.800. The summed E-state index contributed by atoms with van der Waals surface area (Å²) in [5.74, 6) is 2.06. The SMILES string of the molecule is CNC1CCCC1CCSc1nccn1C. The van der Waals surface area contributed by atoms with E-state index in [0.717, 1.165) is 17.1 Å². The van der Waals surface area contributed by atoms with Crippen LogP contribution < -0.4 is 5.32 Å². The number of rotatable bonds is 5. The van der Waals surface area contributed by atoms with Crippen molar-refractivity contribution in [1.29, 1.82) is 0 Å². The molecule has 0 radical (unpaired) electrons. The van der Waals surface area contributed by atoms with Crippen LogP contribution in [0.5, 0.6) is 0 Å². The molecule has 1 aliphatic rings. The van der Waals surface area contributed by atoms with Crippen LogP contribution in [-0.4, -0.2) is 28.4 Å². The van der Waals surface area contributed by atoms with Gasteiger partial charge >= 0.3 is 0 Å². The second kappa shape index (κ2) is 5.73. The predicted octanol–water partition coefficient (Wildman–Crippen LogP) is 2.29. The fraction of sp³-hybridized carbons (Fsp3) is 0.750. The molecule has 2 rings (SSSR count). The number of thioether (sulfide) groups is 1. The van der Waals surface area contributed by atoms with Gasteiger partial charge in [-0.1, -0.05) is 18.2 Å². The van der Waals surface area contributed by atoms with Gasteiger partial charge in [0.05, 0.1) is 0 Å². The summed E-state index contributed by atoms with van der Waals surface area (Å²) in [4.78, 5) is 4.33. The third kappa shape index (κ3) is 2.80. The minimum absolute atomic E-state index is 0.752. The molecule has 0 aromatic carbocycles. The fourth-order valence-corrected chi connectivity index (χ4v) is 3.56. The summed E-state index contributed by atoms with van der Waals surface area (Å²) in [7, 11) is 4.15. The Kier molecular flexibility index (Phi) is 4.29. The average molecular weight is 239 g/mol. The van der Waals surface area contributed by atoms with Crippen LogP contribution >= 0.6 is 11.8 Å². The number of hydrogen-bond donors (Lipinski definition) is 1. The zero-order valence-electron chi connectivity index (χ0n) is 10.1. The zero-order valence-corrected chi connectivity index (χ0v) is 11.0. The van der Waals surface area contributed by atoms with Crippen LogP contribution in [0.2, 0.25) is 0 Å². The summed E-state index contributed by atoms with van der Waals surface area (Å²) >= 11 is 1.88. The Hall–Kier alpha value is -0.480. The first kappa shape index (κ1) is 12.0. The lowest BCUT2D eigenvalue weighted by Crippen LogP contribution is -2.29. The van der Waals surface area contributed by atoms with Crippen molar-refractivity contribution in [3.05, 3.63) is 12.4 Å². The number of imidazole rings is 1. The number of hydrogen-bond acceptors (Lipinski definition) is 3. The maximum Gasteiger partial charge on any atom is 0.167 e. The Balaban J connectivity index is 1.74. The summed E-state index contributed by atoms with van der Waals surface area (Å²) in [6, 6.07) is 0.752. The Labute approximate surface area is 102 Å². The summed E-state index contributed by atoms with van der Waals surface area (Å²) < 4.78 is 2.09. The molecule has 1 aromatic heterocycles. The van der Waals surface area contributed by atoms with Gasteiger partial charge in [0.2, 0.25) is 0 Å². The number of aromatic nitrogens is 2. The predicted molar refractivity (Wildman–Crippen MR) is 68.7 cm³/mol. The van der Waals surface area contributed by atoms with E-state index in [1.54, 1.807) is 0 Å². The van der Waals surface area contributed by atoms with Crippen LogP contribution in [0.1, 0.15) is 25.7 Å². The molecule has 16 heavy (non-hydrogen) atoms. The van der Waals surface area contributed by atoms with Crippen molar-refractivity contribution in [3.63, 3.8) is 0 Å². The fourth-order valence-electron chi connectivity index (χ4n) is 2.56. The van der Waals surface area contributed by atoms with Crippen molar-refractivity contribution in [3.8, 4) is 0 Å². The van der Waals surface area contributed by atoms with Gasteiger partial charge in [-0.25, -0.2) is 4.98 Å². The average Bonchev–Trinajstić information content (AvgIpc) is 2.88. The highest BCUT2D eigenvalue weighted by Gasteiger charge is 2.25. The van der Waals surface area contributed by atoms with Gasteiger partial charge in [0, 0.05) is 31.2 Å². The van der Waals surface area contributed by atoms with Crippen molar-refractivity contribution in [2.24, 2.45) is 13.0 Å². The van der Waals surface area contributed by atoms with E-state index in [-0.39, 0.29) is 0 Å². The van der Waals surface area contributed by atoms with E-state index >= 15 is 0 Å². The number of nitrogens with zero attached hydrogens (tertiary/aromatic N) is 2. The lowest BCUT2D eigenvalue weighted by Gasteiger charge is -2.18. The molecule has 1 N–H and O–H groups in total. The summed E-state index contributed by atoms with van der Waals surface area (Å²) in [5, 5.41) is 4.58. The standard InChI is InChI=1S/C12H21N3S/c1-13-11-5-3-4-10(11)6-9-16-12-14-7-8-15(12)2/h7-8,10-11,13H,3-6,9H2,1-2H3. The molecular formula is C12H21N3S. The Bertz CT molecular complexity index is 324. The highest BCUT2D eigenvalue weighted by molar-refractivity contribution is 7.99. The zero-order chi connectivity index (χ0) is 11.4. The van der Waals surface area contributed by atoms with E-state index in [0.29, 0.717) is 0 Å². The minimum Gasteiger partial charge on any atom is -0.329 e. The first-order chi connectivity index (χ1) is 7.81. The molecule has 2 unspecified atom stereocenters. The van der Waals surface area contributed by atoms with Crippen LogP contribution in [0.3, 0.4) is 0 Å². The molecule has 2 atom stereocenters. The lowest BCUT2D eigenvalue weighted by atomic mass is 10.0. The largest absolute Gasteiger partial charge is 0.329 e. The molecule has 0 amide bonds. The second-order valence-electron chi connectivity index (χ2n) is 4.54. The van der Waals surface area contributed by atoms with Gasteiger partial charge in [-0.15, -0.1) is 0 Å². The molecule has 0 aliphatic heterocycles. The molecular weight excluding hydrogens is 218 g/mol. The molecule has 1 aliphatic carbocycles. The van der Waals surface area contributed by atoms with Crippen LogP contribution in [0.4, 0.5) is 0 Å². The smallest absolute Gasteiger partial charge is 0.167 e. The van der Waals surface area contributed by atoms with Crippen molar-refractivity contribution < 1.29 is 0 Å². The van der Waals surface area contributed by atoms with Gasteiger partial charge in [0.15, 0.2) is 5.16 Å². The van der Waals surface area contributed by atoms with E-state index in [1.165, 1.54) is 31.4 Å². The normalized spacial score (nSPS) is 25.1. The number of aryl methyl sites for hydroxylation is 1. The van der Waals surface area contributed by atoms with Crippen LogP contribution in [0, 0.1) is 5.92 Å². The van der Waals surface area contributed by atoms with E-state index < -0.39 is 0 Å². The third-order valence-electron chi connectivity index (χ3n) is 3.53. The van der Waals surface area contributed by atoms with Crippen molar-refractivity contribution in [2.45, 2.75) is 36.9 Å². The van der Waals surface area contributed by atoms with Gasteiger partial charge in [0.25, 0.3) is 0 Å². The van der Waals surface area contributed by atoms with E-state index in [2.05, 4.69) is 29.0 Å². The summed E-state index contributed by atoms with van der Waals surface area (Å²) in [6.45, 7) is 0. The van der Waals surface area contributed by atoms with Gasteiger partial charge in [-0.2, -0.15) is 0 Å². The summed E-state index contributed by atoms with van der Waals surface area (Å²) in [5.41, 5.74) is 0. The molecule has 0 saturated heterocycles. The van der Waals surface area contributed by atoms with Crippen molar-refractivity contribution in [2.75, 3.05) is 12.8 Å². The van der Waals surface area contributed by atoms with Crippen molar-refractivity contribution in [1.82, 2.24) is 14.9 Å². The van der Waals surface area contributed by atoms with Gasteiger partial charge < -0.3 is 9.88 Å². The molecule has 90 valence electrons. The molecule has 0 spiro atoms. The summed E-state index contributed by atoms with van der Waals surface area (Å²) in [6.07, 6.45) is 9.33. The number of nitrogens with one attached hydrogen (secondary N) is 1. The van der Waals surface area contributed by atoms with E-state index in [9.17, 15) is 0 Å². The van der Waals surface area contributed by atoms with Gasteiger partial charge in [-0.3, -0.25) is 0 Å². The lowest BCUT2D eigenvalue weighted by molar-refractivity contribution is 0.417. The van der Waals surface area contributed by atoms with Gasteiger partial charge in [0.1, 0.15) is 0 Å². The maximum absolute atomic E-state index is 4.33. The third-order valence-corrected chi connectivity index (χ3v) is 4.62. The van der Waals surface area contributed by atoms with Gasteiger partial charge in [-0.05, 0) is 32.2 Å².